The molecule has 0 fully saturated rings. The van der Waals surface area contributed by atoms with Gasteiger partial charge in [-0.15, -0.1) is 0 Å². The molecule has 3 nitrogen and oxygen atoms in total. The fourth-order valence-corrected chi connectivity index (χ4v) is 1.80. The van der Waals surface area contributed by atoms with E-state index in [0.29, 0.717) is 19.3 Å². The first kappa shape index (κ1) is 17.3. The van der Waals surface area contributed by atoms with Crippen molar-refractivity contribution in [3.05, 3.63) is 0 Å². The minimum Gasteiger partial charge on any atom is -0.303 e. The van der Waals surface area contributed by atoms with Gasteiger partial charge in [-0.3, -0.25) is 9.59 Å². The highest BCUT2D eigenvalue weighted by atomic mass is 16.1. The lowest BCUT2D eigenvalue weighted by atomic mass is 9.83. The van der Waals surface area contributed by atoms with Crippen molar-refractivity contribution in [1.82, 2.24) is 5.32 Å². The fourth-order valence-electron chi connectivity index (χ4n) is 1.80. The third-order valence-corrected chi connectivity index (χ3v) is 2.77. The molecule has 0 aromatic carbocycles. The molecule has 0 radical (unpaired) electrons. The first-order valence-corrected chi connectivity index (χ1v) is 6.81. The maximum Gasteiger partial charge on any atom is 0.155 e. The summed E-state index contributed by atoms with van der Waals surface area (Å²) in [4.78, 5) is 23.8. The lowest BCUT2D eigenvalue weighted by Gasteiger charge is -2.31. The summed E-state index contributed by atoms with van der Waals surface area (Å²) in [6, 6.07) is -0.236. The van der Waals surface area contributed by atoms with Crippen molar-refractivity contribution in [2.75, 3.05) is 0 Å². The Balaban J connectivity index is 4.73. The zero-order valence-electron chi connectivity index (χ0n) is 13.0. The molecule has 0 aromatic rings. The van der Waals surface area contributed by atoms with Gasteiger partial charge < -0.3 is 5.32 Å². The van der Waals surface area contributed by atoms with Crippen LogP contribution in [0.5, 0.6) is 0 Å². The summed E-state index contributed by atoms with van der Waals surface area (Å²) in [5.41, 5.74) is -0.501. The monoisotopic (exact) mass is 255 g/mol. The number of rotatable bonds is 6. The highest BCUT2D eigenvalue weighted by Gasteiger charge is 2.31. The first-order valence-electron chi connectivity index (χ1n) is 6.81. The second-order valence-corrected chi connectivity index (χ2v) is 6.99. The highest BCUT2D eigenvalue weighted by Crippen LogP contribution is 2.20. The maximum absolute atomic E-state index is 12.4. The Labute approximate surface area is 112 Å². The van der Waals surface area contributed by atoms with Crippen LogP contribution in [0.15, 0.2) is 0 Å². The van der Waals surface area contributed by atoms with Crippen LogP contribution < -0.4 is 5.32 Å². The average Bonchev–Trinajstić information content (AvgIpc) is 2.19. The lowest BCUT2D eigenvalue weighted by molar-refractivity contribution is -0.129. The van der Waals surface area contributed by atoms with Crippen LogP contribution in [0.4, 0.5) is 0 Å². The summed E-state index contributed by atoms with van der Waals surface area (Å²) in [5.74, 6) is 0.402. The molecule has 3 heteroatoms. The number of carbonyl (C=O) groups is 2. The molecule has 0 heterocycles. The van der Waals surface area contributed by atoms with Crippen LogP contribution in [-0.2, 0) is 9.59 Å². The van der Waals surface area contributed by atoms with Crippen molar-refractivity contribution in [2.24, 2.45) is 5.41 Å². The highest BCUT2D eigenvalue weighted by molar-refractivity contribution is 5.89. The molecule has 0 aliphatic rings. The van der Waals surface area contributed by atoms with Gasteiger partial charge in [0, 0.05) is 23.8 Å². The van der Waals surface area contributed by atoms with Gasteiger partial charge in [-0.1, -0.05) is 27.7 Å². The standard InChI is InChI=1S/C15H29NO2/c1-8-11(17)9-10-12(16-15(5,6)7)13(18)14(2,3)4/h12,16H,8-10H2,1-7H3. The molecule has 0 aromatic heterocycles. The van der Waals surface area contributed by atoms with Gasteiger partial charge in [0.2, 0.25) is 0 Å². The zero-order valence-corrected chi connectivity index (χ0v) is 13.0. The van der Waals surface area contributed by atoms with E-state index in [0.717, 1.165) is 0 Å². The Bertz CT molecular complexity index is 295. The van der Waals surface area contributed by atoms with Gasteiger partial charge in [0.05, 0.1) is 6.04 Å². The largest absolute Gasteiger partial charge is 0.303 e. The topological polar surface area (TPSA) is 46.2 Å². The van der Waals surface area contributed by atoms with E-state index in [-0.39, 0.29) is 28.6 Å². The first-order chi connectivity index (χ1) is 7.97. The smallest absolute Gasteiger partial charge is 0.155 e. The average molecular weight is 255 g/mol. The third-order valence-electron chi connectivity index (χ3n) is 2.77. The van der Waals surface area contributed by atoms with E-state index < -0.39 is 0 Å². The van der Waals surface area contributed by atoms with Gasteiger partial charge in [-0.2, -0.15) is 0 Å². The summed E-state index contributed by atoms with van der Waals surface area (Å²) in [6.45, 7) is 13.8. The van der Waals surface area contributed by atoms with E-state index in [1.807, 2.05) is 48.5 Å². The zero-order chi connectivity index (χ0) is 14.6. The van der Waals surface area contributed by atoms with E-state index in [1.165, 1.54) is 0 Å². The van der Waals surface area contributed by atoms with Crippen molar-refractivity contribution < 1.29 is 9.59 Å². The van der Waals surface area contributed by atoms with Gasteiger partial charge in [0.15, 0.2) is 5.78 Å². The summed E-state index contributed by atoms with van der Waals surface area (Å²) in [5, 5.41) is 3.34. The molecule has 106 valence electrons. The molecule has 0 saturated carbocycles. The van der Waals surface area contributed by atoms with Crippen molar-refractivity contribution in [3.8, 4) is 0 Å². The molecule has 18 heavy (non-hydrogen) atoms. The van der Waals surface area contributed by atoms with Crippen LogP contribution in [0.25, 0.3) is 0 Å². The molecule has 0 amide bonds. The van der Waals surface area contributed by atoms with Crippen molar-refractivity contribution in [3.63, 3.8) is 0 Å². The second kappa shape index (κ2) is 6.46. The molecule has 0 saturated heterocycles. The molecule has 0 aliphatic carbocycles. The van der Waals surface area contributed by atoms with Gasteiger partial charge in [0.1, 0.15) is 5.78 Å². The van der Waals surface area contributed by atoms with Gasteiger partial charge in [-0.25, -0.2) is 0 Å². The number of nitrogens with one attached hydrogen (secondary N) is 1. The minimum absolute atomic E-state index is 0.124. The Kier molecular flexibility index (Phi) is 6.21. The Morgan fingerprint density at radius 1 is 1.06 bits per heavy atom. The number of hydrogen-bond donors (Lipinski definition) is 1. The second-order valence-electron chi connectivity index (χ2n) is 6.99. The van der Waals surface area contributed by atoms with Gasteiger partial charge in [-0.05, 0) is 27.2 Å². The fraction of sp³-hybridized carbons (Fsp3) is 0.867. The van der Waals surface area contributed by atoms with Crippen LogP contribution in [0, 0.1) is 5.41 Å². The van der Waals surface area contributed by atoms with E-state index in [1.54, 1.807) is 0 Å². The predicted octanol–water partition coefficient (Wildman–Crippen LogP) is 3.12. The lowest BCUT2D eigenvalue weighted by Crippen LogP contribution is -2.51. The van der Waals surface area contributed by atoms with Crippen molar-refractivity contribution in [1.29, 1.82) is 0 Å². The van der Waals surface area contributed by atoms with Crippen LogP contribution in [0.3, 0.4) is 0 Å². The molecule has 1 unspecified atom stereocenters. The Morgan fingerprint density at radius 3 is 1.89 bits per heavy atom. The number of hydrogen-bond acceptors (Lipinski definition) is 3. The Hall–Kier alpha value is -0.700. The molecule has 1 atom stereocenters. The van der Waals surface area contributed by atoms with Crippen molar-refractivity contribution in [2.45, 2.75) is 79.3 Å². The molecule has 0 bridgehead atoms. The van der Waals surface area contributed by atoms with Crippen LogP contribution in [-0.4, -0.2) is 23.1 Å². The van der Waals surface area contributed by atoms with E-state index >= 15 is 0 Å². The summed E-state index contributed by atoms with van der Waals surface area (Å²) < 4.78 is 0. The molecule has 0 aliphatic heterocycles. The van der Waals surface area contributed by atoms with E-state index in [4.69, 9.17) is 0 Å². The number of ketones is 2. The Morgan fingerprint density at radius 2 is 1.56 bits per heavy atom. The van der Waals surface area contributed by atoms with E-state index in [9.17, 15) is 9.59 Å². The van der Waals surface area contributed by atoms with Crippen LogP contribution >= 0.6 is 0 Å². The normalized spacial score (nSPS) is 14.4. The minimum atomic E-state index is -0.377. The van der Waals surface area contributed by atoms with Crippen molar-refractivity contribution >= 4 is 11.6 Å². The summed E-state index contributed by atoms with van der Waals surface area (Å²) in [6.07, 6.45) is 1.62. The predicted molar refractivity (Wildman–Crippen MR) is 75.7 cm³/mol. The molecular formula is C15H29NO2. The number of carbonyl (C=O) groups excluding carboxylic acids is 2. The van der Waals surface area contributed by atoms with Gasteiger partial charge in [0.25, 0.3) is 0 Å². The van der Waals surface area contributed by atoms with Crippen LogP contribution in [0.1, 0.15) is 67.7 Å². The molecular weight excluding hydrogens is 226 g/mol. The molecule has 1 N–H and O–H groups in total. The quantitative estimate of drug-likeness (QED) is 0.793. The van der Waals surface area contributed by atoms with E-state index in [2.05, 4.69) is 5.32 Å². The summed E-state index contributed by atoms with van der Waals surface area (Å²) >= 11 is 0. The molecule has 0 spiro atoms. The maximum atomic E-state index is 12.4. The third kappa shape index (κ3) is 6.90. The summed E-state index contributed by atoms with van der Waals surface area (Å²) in [7, 11) is 0. The van der Waals surface area contributed by atoms with Crippen LogP contribution in [0.2, 0.25) is 0 Å². The van der Waals surface area contributed by atoms with Gasteiger partial charge >= 0.3 is 0 Å². The SMILES string of the molecule is CCC(=O)CCC(NC(C)(C)C)C(=O)C(C)(C)C. The number of Topliss-reactive ketones (excluding diaryl/α,β-unsaturated/α-hetero) is 2. The molecule has 0 rings (SSSR count).